The zero-order valence-corrected chi connectivity index (χ0v) is 12.5. The fourth-order valence-corrected chi connectivity index (χ4v) is 1.38. The highest BCUT2D eigenvalue weighted by atomic mass is 15.1. The van der Waals surface area contributed by atoms with Gasteiger partial charge in [0.1, 0.15) is 0 Å². The van der Waals surface area contributed by atoms with E-state index >= 15 is 0 Å². The number of rotatable bonds is 1. The molecule has 0 bridgehead atoms. The molecule has 2 rings (SSSR count). The predicted molar refractivity (Wildman–Crippen MR) is 76.5 cm³/mol. The summed E-state index contributed by atoms with van der Waals surface area (Å²) >= 11 is 0. The summed E-state index contributed by atoms with van der Waals surface area (Å²) in [5.74, 6) is 0. The van der Waals surface area contributed by atoms with Gasteiger partial charge in [0.2, 0.25) is 0 Å². The van der Waals surface area contributed by atoms with Crippen molar-refractivity contribution in [2.75, 3.05) is 0 Å². The van der Waals surface area contributed by atoms with E-state index in [-0.39, 0.29) is 0 Å². The predicted octanol–water partition coefficient (Wildman–Crippen LogP) is 3.84. The summed E-state index contributed by atoms with van der Waals surface area (Å²) in [6.45, 7) is 14.1. The Morgan fingerprint density at radius 3 is 2.00 bits per heavy atom. The quantitative estimate of drug-likeness (QED) is 0.834. The van der Waals surface area contributed by atoms with E-state index in [2.05, 4.69) is 34.2 Å². The van der Waals surface area contributed by atoms with E-state index in [0.717, 1.165) is 17.0 Å². The van der Waals surface area contributed by atoms with Gasteiger partial charge in [0.05, 0.1) is 17.6 Å². The lowest BCUT2D eigenvalue weighted by Gasteiger charge is -2.06. The number of aromatic nitrogens is 4. The number of aromatic amines is 1. The van der Waals surface area contributed by atoms with Crippen LogP contribution in [0.2, 0.25) is 0 Å². The summed E-state index contributed by atoms with van der Waals surface area (Å²) in [5, 5.41) is 14.9. The van der Waals surface area contributed by atoms with Crippen LogP contribution in [0.3, 0.4) is 0 Å². The molecule has 0 saturated heterocycles. The van der Waals surface area contributed by atoms with Crippen molar-refractivity contribution in [1.82, 2.24) is 20.4 Å². The molecule has 0 saturated carbocycles. The maximum atomic E-state index is 4.17. The van der Waals surface area contributed by atoms with Crippen LogP contribution < -0.4 is 0 Å². The van der Waals surface area contributed by atoms with E-state index in [1.165, 1.54) is 11.1 Å². The Hall–Kier alpha value is -1.71. The average Bonchev–Trinajstić information content (AvgIpc) is 2.95. The molecule has 0 spiro atoms. The molecule has 0 radical (unpaired) electrons. The average molecular weight is 248 g/mol. The molecule has 100 valence electrons. The van der Waals surface area contributed by atoms with Crippen LogP contribution in [0.1, 0.15) is 44.5 Å². The monoisotopic (exact) mass is 248 g/mol. The van der Waals surface area contributed by atoms with Crippen molar-refractivity contribution in [3.8, 4) is 11.3 Å². The van der Waals surface area contributed by atoms with Gasteiger partial charge in [0, 0.05) is 11.8 Å². The molecule has 0 amide bonds. The third-order valence-corrected chi connectivity index (χ3v) is 2.53. The van der Waals surface area contributed by atoms with Crippen LogP contribution >= 0.6 is 0 Å². The smallest absolute Gasteiger partial charge is 0.0993 e. The van der Waals surface area contributed by atoms with Crippen LogP contribution in [-0.4, -0.2) is 20.4 Å². The highest BCUT2D eigenvalue weighted by Gasteiger charge is 2.09. The van der Waals surface area contributed by atoms with Gasteiger partial charge in [-0.05, 0) is 31.9 Å². The van der Waals surface area contributed by atoms with Crippen molar-refractivity contribution in [3.05, 3.63) is 29.2 Å². The number of nitrogens with zero attached hydrogens (tertiary/aromatic N) is 3. The molecule has 1 N–H and O–H groups in total. The third kappa shape index (κ3) is 3.65. The minimum atomic E-state index is 0.904. The van der Waals surface area contributed by atoms with Gasteiger partial charge in [-0.2, -0.15) is 10.2 Å². The summed E-state index contributed by atoms with van der Waals surface area (Å²) in [7, 11) is 0. The van der Waals surface area contributed by atoms with Gasteiger partial charge in [0.25, 0.3) is 0 Å². The number of aryl methyl sites for hydroxylation is 1. The summed E-state index contributed by atoms with van der Waals surface area (Å²) in [6.07, 6.45) is 3.58. The van der Waals surface area contributed by atoms with E-state index in [1.54, 1.807) is 6.20 Å². The van der Waals surface area contributed by atoms with Crippen molar-refractivity contribution < 1.29 is 0 Å². The lowest BCUT2D eigenvalue weighted by atomic mass is 10.1. The highest BCUT2D eigenvalue weighted by molar-refractivity contribution is 5.62. The number of nitrogens with one attached hydrogen (secondary N) is 1. The minimum absolute atomic E-state index is 0.904. The molecule has 2 heterocycles. The van der Waals surface area contributed by atoms with Crippen LogP contribution in [0.4, 0.5) is 0 Å². The van der Waals surface area contributed by atoms with E-state index in [0.29, 0.717) is 0 Å². The molecule has 0 aliphatic rings. The minimum Gasteiger partial charge on any atom is -0.285 e. The number of H-pyrrole nitrogens is 1. The van der Waals surface area contributed by atoms with Gasteiger partial charge in [-0.3, -0.25) is 5.10 Å². The molecular formula is C14H24N4. The summed E-state index contributed by atoms with van der Waals surface area (Å²) in [5.41, 5.74) is 5.23. The first kappa shape index (κ1) is 16.3. The second kappa shape index (κ2) is 8.39. The molecular weight excluding hydrogens is 224 g/mol. The normalized spacial score (nSPS) is 8.83. The van der Waals surface area contributed by atoms with Crippen molar-refractivity contribution in [3.63, 3.8) is 0 Å². The lowest BCUT2D eigenvalue weighted by molar-refractivity contribution is 0.952. The van der Waals surface area contributed by atoms with Crippen LogP contribution in [-0.2, 0) is 0 Å². The first-order chi connectivity index (χ1) is 8.70. The van der Waals surface area contributed by atoms with E-state index in [9.17, 15) is 0 Å². The second-order valence-corrected chi connectivity index (χ2v) is 3.37. The summed E-state index contributed by atoms with van der Waals surface area (Å²) < 4.78 is 0. The van der Waals surface area contributed by atoms with Gasteiger partial charge in [-0.1, -0.05) is 27.7 Å². The standard InChI is InChI=1S/C10H12N4.2C2H6/c1-6-7(2)10(14-13-8(6)3)9-4-11-12-5-9;2*1-2/h4-5H,1-3H3,(H,11,12);2*1-2H3. The Morgan fingerprint density at radius 1 is 0.889 bits per heavy atom. The maximum Gasteiger partial charge on any atom is 0.0993 e. The fraction of sp³-hybridized carbons (Fsp3) is 0.500. The van der Waals surface area contributed by atoms with Gasteiger partial charge in [-0.15, -0.1) is 5.10 Å². The highest BCUT2D eigenvalue weighted by Crippen LogP contribution is 2.22. The van der Waals surface area contributed by atoms with Gasteiger partial charge < -0.3 is 0 Å². The molecule has 18 heavy (non-hydrogen) atoms. The SMILES string of the molecule is CC.CC.Cc1nnc(-c2cn[nH]c2)c(C)c1C. The Morgan fingerprint density at radius 2 is 1.50 bits per heavy atom. The first-order valence-corrected chi connectivity index (χ1v) is 6.50. The van der Waals surface area contributed by atoms with Crippen molar-refractivity contribution in [2.45, 2.75) is 48.5 Å². The van der Waals surface area contributed by atoms with Gasteiger partial charge in [0.15, 0.2) is 0 Å². The zero-order valence-electron chi connectivity index (χ0n) is 12.5. The molecule has 4 heteroatoms. The molecule has 2 aromatic rings. The molecule has 2 aromatic heterocycles. The Balaban J connectivity index is 0.000000659. The molecule has 0 atom stereocenters. The molecule has 0 fully saturated rings. The van der Waals surface area contributed by atoms with Crippen molar-refractivity contribution in [2.24, 2.45) is 0 Å². The summed E-state index contributed by atoms with van der Waals surface area (Å²) in [4.78, 5) is 0. The Labute approximate surface area is 110 Å². The second-order valence-electron chi connectivity index (χ2n) is 3.37. The van der Waals surface area contributed by atoms with Gasteiger partial charge in [-0.25, -0.2) is 0 Å². The molecule has 0 aliphatic heterocycles. The molecule has 0 aromatic carbocycles. The molecule has 4 nitrogen and oxygen atoms in total. The van der Waals surface area contributed by atoms with Crippen molar-refractivity contribution in [1.29, 1.82) is 0 Å². The lowest BCUT2D eigenvalue weighted by Crippen LogP contribution is -1.98. The topological polar surface area (TPSA) is 54.5 Å². The van der Waals surface area contributed by atoms with Crippen molar-refractivity contribution >= 4 is 0 Å². The van der Waals surface area contributed by atoms with Crippen LogP contribution in [0, 0.1) is 20.8 Å². The first-order valence-electron chi connectivity index (χ1n) is 6.50. The Bertz CT molecular complexity index is 447. The largest absolute Gasteiger partial charge is 0.285 e. The van der Waals surface area contributed by atoms with Crippen LogP contribution in [0.25, 0.3) is 11.3 Å². The number of hydrogen-bond donors (Lipinski definition) is 1. The van der Waals surface area contributed by atoms with Crippen LogP contribution in [0.15, 0.2) is 12.4 Å². The van der Waals surface area contributed by atoms with Gasteiger partial charge >= 0.3 is 0 Å². The van der Waals surface area contributed by atoms with E-state index in [1.807, 2.05) is 40.8 Å². The Kier molecular flexibility index (Phi) is 7.59. The fourth-order valence-electron chi connectivity index (χ4n) is 1.38. The molecule has 0 unspecified atom stereocenters. The van der Waals surface area contributed by atoms with E-state index < -0.39 is 0 Å². The molecule has 0 aliphatic carbocycles. The van der Waals surface area contributed by atoms with Crippen LogP contribution in [0.5, 0.6) is 0 Å². The van der Waals surface area contributed by atoms with E-state index in [4.69, 9.17) is 0 Å². The zero-order chi connectivity index (χ0) is 14.1. The summed E-state index contributed by atoms with van der Waals surface area (Å²) in [6, 6.07) is 0. The number of hydrogen-bond acceptors (Lipinski definition) is 3. The maximum absolute atomic E-state index is 4.17. The third-order valence-electron chi connectivity index (χ3n) is 2.53.